The van der Waals surface area contributed by atoms with Crippen LogP contribution in [-0.4, -0.2) is 56.0 Å². The van der Waals surface area contributed by atoms with E-state index in [2.05, 4.69) is 0 Å². The van der Waals surface area contributed by atoms with Crippen molar-refractivity contribution in [2.75, 3.05) is 27.4 Å². The molecule has 6 heteroatoms. The van der Waals surface area contributed by atoms with Crippen LogP contribution in [0.2, 0.25) is 0 Å². The molecule has 1 aromatic rings. The Kier molecular flexibility index (Phi) is 7.41. The van der Waals surface area contributed by atoms with Crippen LogP contribution in [-0.2, 0) is 19.1 Å². The lowest BCUT2D eigenvalue weighted by Gasteiger charge is -2.31. The van der Waals surface area contributed by atoms with E-state index in [0.717, 1.165) is 0 Å². The summed E-state index contributed by atoms with van der Waals surface area (Å²) in [4.78, 5) is 38.0. The van der Waals surface area contributed by atoms with Gasteiger partial charge in [-0.05, 0) is 5.92 Å². The van der Waals surface area contributed by atoms with Gasteiger partial charge in [0.2, 0.25) is 5.91 Å². The molecule has 1 aromatic carbocycles. The zero-order chi connectivity index (χ0) is 17.4. The quantitative estimate of drug-likeness (QED) is 0.536. The van der Waals surface area contributed by atoms with Gasteiger partial charge in [0, 0.05) is 12.7 Å². The number of Topliss-reactive ketones (excluding diaryl/α,β-unsaturated/α-hetero) is 1. The molecule has 1 atom stereocenters. The van der Waals surface area contributed by atoms with Gasteiger partial charge in [-0.2, -0.15) is 0 Å². The number of hydrogen-bond donors (Lipinski definition) is 0. The van der Waals surface area contributed by atoms with Crippen molar-refractivity contribution in [3.8, 4) is 0 Å². The van der Waals surface area contributed by atoms with E-state index in [-0.39, 0.29) is 24.9 Å². The van der Waals surface area contributed by atoms with Crippen LogP contribution in [0.15, 0.2) is 30.3 Å². The van der Waals surface area contributed by atoms with E-state index in [1.807, 2.05) is 0 Å². The minimum absolute atomic E-state index is 0.202. The number of ketones is 1. The third-order valence-electron chi connectivity index (χ3n) is 3.41. The lowest BCUT2D eigenvalue weighted by Crippen LogP contribution is -2.51. The molecule has 1 amide bonds. The Morgan fingerprint density at radius 3 is 2.17 bits per heavy atom. The van der Waals surface area contributed by atoms with Crippen molar-refractivity contribution in [3.05, 3.63) is 35.9 Å². The summed E-state index contributed by atoms with van der Waals surface area (Å²) in [6.07, 6.45) is 0. The Labute approximate surface area is 136 Å². The third kappa shape index (κ3) is 5.17. The minimum atomic E-state index is -0.838. The largest absolute Gasteiger partial charge is 0.467 e. The van der Waals surface area contributed by atoms with Gasteiger partial charge >= 0.3 is 5.97 Å². The van der Waals surface area contributed by atoms with Crippen molar-refractivity contribution in [1.29, 1.82) is 0 Å². The lowest BCUT2D eigenvalue weighted by molar-refractivity contribution is -0.155. The van der Waals surface area contributed by atoms with Crippen molar-refractivity contribution in [2.24, 2.45) is 5.92 Å². The predicted molar refractivity (Wildman–Crippen MR) is 85.0 cm³/mol. The molecule has 0 aromatic heterocycles. The van der Waals surface area contributed by atoms with Gasteiger partial charge in [-0.1, -0.05) is 44.2 Å². The number of ether oxygens (including phenoxy) is 2. The second-order valence-corrected chi connectivity index (χ2v) is 5.46. The first-order chi connectivity index (χ1) is 10.9. The van der Waals surface area contributed by atoms with Crippen molar-refractivity contribution < 1.29 is 23.9 Å². The summed E-state index contributed by atoms with van der Waals surface area (Å²) in [7, 11) is 2.65. The van der Waals surface area contributed by atoms with Crippen LogP contribution in [0.25, 0.3) is 0 Å². The maximum Gasteiger partial charge on any atom is 0.328 e. The number of amides is 1. The first-order valence-electron chi connectivity index (χ1n) is 7.36. The molecule has 0 saturated heterocycles. The maximum absolute atomic E-state index is 12.4. The molecule has 0 radical (unpaired) electrons. The van der Waals surface area contributed by atoms with Gasteiger partial charge < -0.3 is 14.4 Å². The standard InChI is InChI=1S/C17H23NO5/c1-12(2)16(17(21)23-4)18(15(20)11-22-3)10-14(19)13-8-6-5-7-9-13/h5-9,12,16H,10-11H2,1-4H3/t16-/m1/s1. The Bertz CT molecular complexity index is 541. The normalized spacial score (nSPS) is 11.9. The second kappa shape index (κ2) is 9.05. The van der Waals surface area contributed by atoms with Gasteiger partial charge in [-0.3, -0.25) is 9.59 Å². The summed E-state index contributed by atoms with van der Waals surface area (Å²) in [6.45, 7) is 3.18. The minimum Gasteiger partial charge on any atom is -0.467 e. The first kappa shape index (κ1) is 18.8. The van der Waals surface area contributed by atoms with Crippen LogP contribution in [0, 0.1) is 5.92 Å². The van der Waals surface area contributed by atoms with Crippen LogP contribution in [0.5, 0.6) is 0 Å². The Morgan fingerprint density at radius 1 is 1.09 bits per heavy atom. The Balaban J connectivity index is 3.06. The average Bonchev–Trinajstić information content (AvgIpc) is 2.54. The number of nitrogens with zero attached hydrogens (tertiary/aromatic N) is 1. The van der Waals surface area contributed by atoms with E-state index in [4.69, 9.17) is 9.47 Å². The van der Waals surface area contributed by atoms with Crippen molar-refractivity contribution in [1.82, 2.24) is 4.90 Å². The van der Waals surface area contributed by atoms with Crippen LogP contribution >= 0.6 is 0 Å². The molecule has 0 aliphatic carbocycles. The number of methoxy groups -OCH3 is 2. The summed E-state index contributed by atoms with van der Waals surface area (Å²) in [5.41, 5.74) is 0.482. The molecule has 0 saturated carbocycles. The summed E-state index contributed by atoms with van der Waals surface area (Å²) in [6, 6.07) is 7.79. The second-order valence-electron chi connectivity index (χ2n) is 5.46. The van der Waals surface area contributed by atoms with E-state index in [0.29, 0.717) is 5.56 Å². The van der Waals surface area contributed by atoms with Gasteiger partial charge in [0.05, 0.1) is 13.7 Å². The molecule has 0 aliphatic rings. The fraction of sp³-hybridized carbons (Fsp3) is 0.471. The SMILES string of the molecule is COCC(=O)N(CC(=O)c1ccccc1)[C@@H](C(=O)OC)C(C)C. The van der Waals surface area contributed by atoms with Gasteiger partial charge in [-0.25, -0.2) is 4.79 Å². The van der Waals surface area contributed by atoms with Crippen molar-refractivity contribution in [3.63, 3.8) is 0 Å². The zero-order valence-electron chi connectivity index (χ0n) is 13.9. The Morgan fingerprint density at radius 2 is 1.70 bits per heavy atom. The molecule has 0 N–H and O–H groups in total. The van der Waals surface area contributed by atoms with E-state index in [1.54, 1.807) is 44.2 Å². The summed E-state index contributed by atoms with van der Waals surface area (Å²) < 4.78 is 9.65. The molecule has 0 heterocycles. The number of esters is 1. The predicted octanol–water partition coefficient (Wildman–Crippen LogP) is 1.54. The van der Waals surface area contributed by atoms with Crippen LogP contribution < -0.4 is 0 Å². The number of carbonyl (C=O) groups is 3. The topological polar surface area (TPSA) is 72.9 Å². The molecule has 1 rings (SSSR count). The molecule has 0 spiro atoms. The zero-order valence-corrected chi connectivity index (χ0v) is 13.9. The molecule has 0 unspecified atom stereocenters. The highest BCUT2D eigenvalue weighted by Gasteiger charge is 2.34. The summed E-state index contributed by atoms with van der Waals surface area (Å²) >= 11 is 0. The Hall–Kier alpha value is -2.21. The molecule has 0 fully saturated rings. The molecular formula is C17H23NO5. The van der Waals surface area contributed by atoms with E-state index < -0.39 is 17.9 Å². The van der Waals surface area contributed by atoms with Crippen LogP contribution in [0.3, 0.4) is 0 Å². The maximum atomic E-state index is 12.4. The number of rotatable bonds is 8. The summed E-state index contributed by atoms with van der Waals surface area (Å²) in [5, 5.41) is 0. The highest BCUT2D eigenvalue weighted by atomic mass is 16.5. The molecule has 6 nitrogen and oxygen atoms in total. The number of carbonyl (C=O) groups excluding carboxylic acids is 3. The van der Waals surface area contributed by atoms with Gasteiger partial charge in [-0.15, -0.1) is 0 Å². The van der Waals surface area contributed by atoms with Gasteiger partial charge in [0.25, 0.3) is 0 Å². The molecule has 0 bridgehead atoms. The highest BCUT2D eigenvalue weighted by molar-refractivity contribution is 6.00. The lowest BCUT2D eigenvalue weighted by atomic mass is 10.0. The fourth-order valence-electron chi connectivity index (χ4n) is 2.30. The monoisotopic (exact) mass is 321 g/mol. The fourth-order valence-corrected chi connectivity index (χ4v) is 2.30. The molecule has 23 heavy (non-hydrogen) atoms. The van der Waals surface area contributed by atoms with Gasteiger partial charge in [0.15, 0.2) is 5.78 Å². The summed E-state index contributed by atoms with van der Waals surface area (Å²) in [5.74, 6) is -1.43. The molecular weight excluding hydrogens is 298 g/mol. The van der Waals surface area contributed by atoms with E-state index >= 15 is 0 Å². The van der Waals surface area contributed by atoms with E-state index in [9.17, 15) is 14.4 Å². The van der Waals surface area contributed by atoms with Crippen molar-refractivity contribution >= 4 is 17.7 Å². The number of benzene rings is 1. The average molecular weight is 321 g/mol. The molecule has 126 valence electrons. The smallest absolute Gasteiger partial charge is 0.328 e. The highest BCUT2D eigenvalue weighted by Crippen LogP contribution is 2.15. The third-order valence-corrected chi connectivity index (χ3v) is 3.41. The first-order valence-corrected chi connectivity index (χ1v) is 7.36. The van der Waals surface area contributed by atoms with Crippen LogP contribution in [0.4, 0.5) is 0 Å². The van der Waals surface area contributed by atoms with Crippen molar-refractivity contribution in [2.45, 2.75) is 19.9 Å². The molecule has 0 aliphatic heterocycles. The van der Waals surface area contributed by atoms with Crippen LogP contribution in [0.1, 0.15) is 24.2 Å². The van der Waals surface area contributed by atoms with E-state index in [1.165, 1.54) is 19.1 Å². The van der Waals surface area contributed by atoms with Gasteiger partial charge in [0.1, 0.15) is 12.6 Å². The number of hydrogen-bond acceptors (Lipinski definition) is 5.